The molecule has 2 aromatic heterocycles. The van der Waals surface area contributed by atoms with Gasteiger partial charge in [-0.25, -0.2) is 0 Å². The Morgan fingerprint density at radius 1 is 1.27 bits per heavy atom. The smallest absolute Gasteiger partial charge is 0.225 e. The van der Waals surface area contributed by atoms with Gasteiger partial charge in [0, 0.05) is 50.7 Å². The molecule has 0 saturated carbocycles. The second-order valence-electron chi connectivity index (χ2n) is 7.35. The highest BCUT2D eigenvalue weighted by atomic mass is 16.5. The number of ether oxygens (including phenoxy) is 1. The lowest BCUT2D eigenvalue weighted by Gasteiger charge is -2.37. The molecular formula is C20H25N3O3. The SMILES string of the molecule is O=C(NCc1ccncc1)C1CN(Cc2ccco2)CC12CCOCC2. The van der Waals surface area contributed by atoms with Gasteiger partial charge in [0.25, 0.3) is 0 Å². The van der Waals surface area contributed by atoms with Gasteiger partial charge >= 0.3 is 0 Å². The number of carbonyl (C=O) groups is 1. The summed E-state index contributed by atoms with van der Waals surface area (Å²) in [6.45, 7) is 4.46. The third kappa shape index (κ3) is 3.66. The number of amides is 1. The first-order valence-corrected chi connectivity index (χ1v) is 9.24. The van der Waals surface area contributed by atoms with E-state index >= 15 is 0 Å². The molecule has 26 heavy (non-hydrogen) atoms. The molecule has 1 amide bonds. The van der Waals surface area contributed by atoms with E-state index in [1.807, 2.05) is 24.3 Å². The van der Waals surface area contributed by atoms with Crippen molar-refractivity contribution in [3.05, 3.63) is 54.2 Å². The maximum atomic E-state index is 13.0. The summed E-state index contributed by atoms with van der Waals surface area (Å²) < 4.78 is 11.1. The largest absolute Gasteiger partial charge is 0.468 e. The molecule has 1 N–H and O–H groups in total. The van der Waals surface area contributed by atoms with Crippen LogP contribution in [0.25, 0.3) is 0 Å². The second kappa shape index (κ2) is 7.60. The molecule has 0 bridgehead atoms. The molecule has 6 nitrogen and oxygen atoms in total. The summed E-state index contributed by atoms with van der Waals surface area (Å²) in [5.41, 5.74) is 1.08. The minimum Gasteiger partial charge on any atom is -0.468 e. The van der Waals surface area contributed by atoms with Crippen molar-refractivity contribution in [3.8, 4) is 0 Å². The summed E-state index contributed by atoms with van der Waals surface area (Å²) in [6, 6.07) is 7.77. The average molecular weight is 355 g/mol. The van der Waals surface area contributed by atoms with Crippen LogP contribution in [0.1, 0.15) is 24.2 Å². The van der Waals surface area contributed by atoms with E-state index in [0.717, 1.165) is 57.0 Å². The summed E-state index contributed by atoms with van der Waals surface area (Å²) in [5, 5.41) is 3.13. The number of rotatable bonds is 5. The Kier molecular flexibility index (Phi) is 5.04. The molecule has 2 aliphatic rings. The Hall–Kier alpha value is -2.18. The molecule has 2 aromatic rings. The van der Waals surface area contributed by atoms with E-state index in [2.05, 4.69) is 15.2 Å². The van der Waals surface area contributed by atoms with E-state index in [1.54, 1.807) is 18.7 Å². The Balaban J connectivity index is 1.45. The van der Waals surface area contributed by atoms with Crippen LogP contribution in [0, 0.1) is 11.3 Å². The molecule has 4 rings (SSSR count). The van der Waals surface area contributed by atoms with Crippen LogP contribution >= 0.6 is 0 Å². The van der Waals surface area contributed by atoms with Crippen molar-refractivity contribution in [2.75, 3.05) is 26.3 Å². The van der Waals surface area contributed by atoms with E-state index in [9.17, 15) is 4.79 Å². The van der Waals surface area contributed by atoms with Crippen molar-refractivity contribution in [2.24, 2.45) is 11.3 Å². The van der Waals surface area contributed by atoms with E-state index in [1.165, 1.54) is 0 Å². The molecule has 1 atom stereocenters. The fourth-order valence-electron chi connectivity index (χ4n) is 4.27. The van der Waals surface area contributed by atoms with E-state index in [0.29, 0.717) is 6.54 Å². The highest BCUT2D eigenvalue weighted by Crippen LogP contribution is 2.44. The Labute approximate surface area is 153 Å². The monoisotopic (exact) mass is 355 g/mol. The molecule has 2 aliphatic heterocycles. The highest BCUT2D eigenvalue weighted by Gasteiger charge is 2.50. The van der Waals surface area contributed by atoms with Gasteiger partial charge in [-0.15, -0.1) is 0 Å². The van der Waals surface area contributed by atoms with Gasteiger partial charge in [0.15, 0.2) is 0 Å². The Morgan fingerprint density at radius 2 is 2.08 bits per heavy atom. The summed E-state index contributed by atoms with van der Waals surface area (Å²) >= 11 is 0. The fraction of sp³-hybridized carbons (Fsp3) is 0.500. The van der Waals surface area contributed by atoms with Gasteiger partial charge in [-0.2, -0.15) is 0 Å². The lowest BCUT2D eigenvalue weighted by atomic mass is 9.71. The van der Waals surface area contributed by atoms with Crippen LogP contribution < -0.4 is 5.32 Å². The zero-order valence-electron chi connectivity index (χ0n) is 14.9. The molecule has 138 valence electrons. The zero-order valence-corrected chi connectivity index (χ0v) is 14.9. The number of nitrogens with one attached hydrogen (secondary N) is 1. The molecule has 6 heteroatoms. The van der Waals surface area contributed by atoms with Gasteiger partial charge in [0.05, 0.1) is 18.7 Å². The topological polar surface area (TPSA) is 67.6 Å². The molecule has 0 aliphatic carbocycles. The van der Waals surface area contributed by atoms with Gasteiger partial charge in [-0.1, -0.05) is 0 Å². The number of aromatic nitrogens is 1. The molecule has 0 radical (unpaired) electrons. The van der Waals surface area contributed by atoms with Crippen molar-refractivity contribution < 1.29 is 13.9 Å². The van der Waals surface area contributed by atoms with Crippen LogP contribution in [0.5, 0.6) is 0 Å². The number of hydrogen-bond acceptors (Lipinski definition) is 5. The maximum Gasteiger partial charge on any atom is 0.225 e. The predicted molar refractivity (Wildman–Crippen MR) is 96.0 cm³/mol. The summed E-state index contributed by atoms with van der Waals surface area (Å²) in [5.74, 6) is 1.08. The van der Waals surface area contributed by atoms with Crippen molar-refractivity contribution in [1.29, 1.82) is 0 Å². The number of nitrogens with zero attached hydrogens (tertiary/aromatic N) is 2. The van der Waals surface area contributed by atoms with E-state index in [4.69, 9.17) is 9.15 Å². The third-order valence-corrected chi connectivity index (χ3v) is 5.70. The highest BCUT2D eigenvalue weighted by molar-refractivity contribution is 5.80. The van der Waals surface area contributed by atoms with Crippen LogP contribution in [0.2, 0.25) is 0 Å². The summed E-state index contributed by atoms with van der Waals surface area (Å²) in [7, 11) is 0. The minimum atomic E-state index is -0.0109. The van der Waals surface area contributed by atoms with Gasteiger partial charge in [0.2, 0.25) is 5.91 Å². The molecule has 4 heterocycles. The average Bonchev–Trinajstić information content (AvgIpc) is 3.30. The van der Waals surface area contributed by atoms with Crippen molar-refractivity contribution in [1.82, 2.24) is 15.2 Å². The van der Waals surface area contributed by atoms with E-state index in [-0.39, 0.29) is 17.2 Å². The molecule has 1 unspecified atom stereocenters. The van der Waals surface area contributed by atoms with Crippen molar-refractivity contribution in [3.63, 3.8) is 0 Å². The fourth-order valence-corrected chi connectivity index (χ4v) is 4.27. The lowest BCUT2D eigenvalue weighted by Crippen LogP contribution is -2.44. The van der Waals surface area contributed by atoms with Gasteiger partial charge in [-0.05, 0) is 42.7 Å². The van der Waals surface area contributed by atoms with Gasteiger partial charge in [-0.3, -0.25) is 14.7 Å². The van der Waals surface area contributed by atoms with Crippen LogP contribution in [0.4, 0.5) is 0 Å². The minimum absolute atomic E-state index is 0.00711. The number of hydrogen-bond donors (Lipinski definition) is 1. The standard InChI is InChI=1S/C20H25N3O3/c24-19(22-12-16-3-7-21-8-4-16)18-14-23(13-17-2-1-9-26-17)15-20(18)5-10-25-11-6-20/h1-4,7-9,18H,5-6,10-15H2,(H,22,24). The molecule has 2 saturated heterocycles. The summed E-state index contributed by atoms with van der Waals surface area (Å²) in [4.78, 5) is 19.4. The van der Waals surface area contributed by atoms with Crippen LogP contribution in [0.3, 0.4) is 0 Å². The number of pyridine rings is 1. The first kappa shape index (κ1) is 17.2. The first-order valence-electron chi connectivity index (χ1n) is 9.24. The second-order valence-corrected chi connectivity index (χ2v) is 7.35. The molecule has 0 aromatic carbocycles. The first-order chi connectivity index (χ1) is 12.8. The Morgan fingerprint density at radius 3 is 2.81 bits per heavy atom. The Bertz CT molecular complexity index is 711. The predicted octanol–water partition coefficient (Wildman–Crippen LogP) is 2.22. The van der Waals surface area contributed by atoms with Crippen LogP contribution in [0.15, 0.2) is 47.3 Å². The number of likely N-dealkylation sites (tertiary alicyclic amines) is 1. The van der Waals surface area contributed by atoms with Crippen LogP contribution in [-0.4, -0.2) is 42.1 Å². The molecule has 2 fully saturated rings. The van der Waals surface area contributed by atoms with Gasteiger partial charge in [0.1, 0.15) is 5.76 Å². The maximum absolute atomic E-state index is 13.0. The number of furan rings is 1. The number of carbonyl (C=O) groups excluding carboxylic acids is 1. The normalized spacial score (nSPS) is 22.5. The lowest BCUT2D eigenvalue weighted by molar-refractivity contribution is -0.130. The third-order valence-electron chi connectivity index (χ3n) is 5.70. The van der Waals surface area contributed by atoms with Crippen molar-refractivity contribution >= 4 is 5.91 Å². The zero-order chi connectivity index (χ0) is 17.8. The van der Waals surface area contributed by atoms with Crippen molar-refractivity contribution in [2.45, 2.75) is 25.9 Å². The quantitative estimate of drug-likeness (QED) is 0.891. The van der Waals surface area contributed by atoms with Gasteiger partial charge < -0.3 is 14.5 Å². The van der Waals surface area contributed by atoms with Crippen LogP contribution in [-0.2, 0) is 22.6 Å². The summed E-state index contributed by atoms with van der Waals surface area (Å²) in [6.07, 6.45) is 7.09. The van der Waals surface area contributed by atoms with E-state index < -0.39 is 0 Å². The molecular weight excluding hydrogens is 330 g/mol. The molecule has 1 spiro atoms.